The smallest absolute Gasteiger partial charge is 0.296 e. The Morgan fingerprint density at radius 1 is 0.927 bits per heavy atom. The van der Waals surface area contributed by atoms with Crippen molar-refractivity contribution in [2.45, 2.75) is 39.5 Å². The molecule has 0 unspecified atom stereocenters. The van der Waals surface area contributed by atoms with Gasteiger partial charge in [0.2, 0.25) is 0 Å². The Balaban J connectivity index is 1.48. The first-order valence-corrected chi connectivity index (χ1v) is 14.9. The number of para-hydroxylation sites is 1. The zero-order valence-electron chi connectivity index (χ0n) is 23.2. The predicted octanol–water partition coefficient (Wildman–Crippen LogP) is 4.59. The van der Waals surface area contributed by atoms with Crippen molar-refractivity contribution in [3.8, 4) is 5.69 Å². The number of hydrogen-bond acceptors (Lipinski definition) is 7. The lowest BCUT2D eigenvalue weighted by Gasteiger charge is -2.24. The second kappa shape index (κ2) is 10.8. The molecule has 0 N–H and O–H groups in total. The van der Waals surface area contributed by atoms with Crippen LogP contribution in [-0.2, 0) is 11.8 Å². The van der Waals surface area contributed by atoms with Crippen LogP contribution in [0.3, 0.4) is 0 Å². The fourth-order valence-corrected chi connectivity index (χ4v) is 6.81. The van der Waals surface area contributed by atoms with Crippen LogP contribution < -0.4 is 20.9 Å². The van der Waals surface area contributed by atoms with E-state index in [2.05, 4.69) is 4.90 Å². The fourth-order valence-electron chi connectivity index (χ4n) is 5.55. The standard InChI is InChI=1S/C30H30N6O3S2/c1-19-12-11-17-34-25(19)31-26(33-15-9-4-5-10-16-33)22(27(34)37)18-23-28(38)35(30(40)41-23)24-20(2)32(3)36(29(24)39)21-13-7-6-8-14-21/h6-8,11-14,17-18H,4-5,9-10,15-16H2,1-3H3/b23-18+. The van der Waals surface area contributed by atoms with E-state index in [9.17, 15) is 14.4 Å². The molecule has 0 bridgehead atoms. The Labute approximate surface area is 246 Å². The molecule has 2 aliphatic rings. The van der Waals surface area contributed by atoms with Crippen molar-refractivity contribution in [3.63, 3.8) is 0 Å². The average Bonchev–Trinajstić information content (AvgIpc) is 3.20. The number of rotatable bonds is 4. The molecule has 0 aliphatic carbocycles. The second-order valence-electron chi connectivity index (χ2n) is 10.4. The van der Waals surface area contributed by atoms with Gasteiger partial charge in [0.05, 0.1) is 21.8 Å². The van der Waals surface area contributed by atoms with E-state index in [1.54, 1.807) is 30.9 Å². The lowest BCUT2D eigenvalue weighted by atomic mass is 10.2. The van der Waals surface area contributed by atoms with Gasteiger partial charge >= 0.3 is 0 Å². The highest BCUT2D eigenvalue weighted by molar-refractivity contribution is 8.27. The van der Waals surface area contributed by atoms with E-state index in [0.717, 1.165) is 56.1 Å². The number of anilines is 2. The van der Waals surface area contributed by atoms with Gasteiger partial charge in [-0.15, -0.1) is 0 Å². The number of fused-ring (bicyclic) bond motifs is 1. The normalized spacial score (nSPS) is 17.2. The Morgan fingerprint density at radius 3 is 2.34 bits per heavy atom. The van der Waals surface area contributed by atoms with Gasteiger partial charge in [-0.05, 0) is 56.5 Å². The molecule has 1 aromatic carbocycles. The molecule has 41 heavy (non-hydrogen) atoms. The summed E-state index contributed by atoms with van der Waals surface area (Å²) in [4.78, 5) is 50.2. The van der Waals surface area contributed by atoms with E-state index >= 15 is 0 Å². The van der Waals surface area contributed by atoms with Gasteiger partial charge in [0, 0.05) is 26.3 Å². The maximum Gasteiger partial charge on any atom is 0.296 e. The molecule has 3 aromatic heterocycles. The summed E-state index contributed by atoms with van der Waals surface area (Å²) in [5.74, 6) is 0.153. The molecule has 4 aromatic rings. The second-order valence-corrected chi connectivity index (χ2v) is 12.0. The van der Waals surface area contributed by atoms with Crippen molar-refractivity contribution < 1.29 is 4.79 Å². The maximum absolute atomic E-state index is 13.9. The lowest BCUT2D eigenvalue weighted by Crippen LogP contribution is -2.33. The number of thiocarbonyl (C=S) groups is 1. The third-order valence-electron chi connectivity index (χ3n) is 7.79. The van der Waals surface area contributed by atoms with Crippen molar-refractivity contribution >= 4 is 57.4 Å². The van der Waals surface area contributed by atoms with E-state index in [4.69, 9.17) is 17.2 Å². The molecule has 2 saturated heterocycles. The topological polar surface area (TPSA) is 84.8 Å². The summed E-state index contributed by atoms with van der Waals surface area (Å²) in [7, 11) is 1.78. The van der Waals surface area contributed by atoms with E-state index in [0.29, 0.717) is 28.4 Å². The minimum Gasteiger partial charge on any atom is -0.356 e. The number of hydrogen-bond donors (Lipinski definition) is 0. The highest BCUT2D eigenvalue weighted by atomic mass is 32.2. The molecule has 1 amide bonds. The van der Waals surface area contributed by atoms with Crippen LogP contribution in [0.25, 0.3) is 17.4 Å². The van der Waals surface area contributed by atoms with Crippen LogP contribution in [0.4, 0.5) is 11.5 Å². The van der Waals surface area contributed by atoms with Crippen LogP contribution in [0.5, 0.6) is 0 Å². The van der Waals surface area contributed by atoms with E-state index in [1.807, 2.05) is 49.4 Å². The summed E-state index contributed by atoms with van der Waals surface area (Å²) in [5.41, 5.74) is 2.75. The number of nitrogens with zero attached hydrogens (tertiary/aromatic N) is 6. The van der Waals surface area contributed by atoms with E-state index < -0.39 is 5.91 Å². The lowest BCUT2D eigenvalue weighted by molar-refractivity contribution is -0.113. The molecule has 0 spiro atoms. The van der Waals surface area contributed by atoms with Gasteiger partial charge in [-0.3, -0.25) is 28.4 Å². The van der Waals surface area contributed by atoms with Crippen molar-refractivity contribution in [2.24, 2.45) is 7.05 Å². The first kappa shape index (κ1) is 27.2. The molecule has 5 heterocycles. The number of benzene rings is 1. The van der Waals surface area contributed by atoms with Gasteiger partial charge in [-0.2, -0.15) is 0 Å². The molecule has 0 radical (unpaired) electrons. The van der Waals surface area contributed by atoms with E-state index in [1.165, 1.54) is 14.0 Å². The van der Waals surface area contributed by atoms with Crippen LogP contribution in [-0.4, -0.2) is 42.1 Å². The first-order chi connectivity index (χ1) is 19.8. The highest BCUT2D eigenvalue weighted by Crippen LogP contribution is 2.37. The van der Waals surface area contributed by atoms with Crippen molar-refractivity contribution in [1.29, 1.82) is 0 Å². The predicted molar refractivity (Wildman–Crippen MR) is 168 cm³/mol. The first-order valence-electron chi connectivity index (χ1n) is 13.7. The molecule has 210 valence electrons. The molecule has 0 saturated carbocycles. The Morgan fingerprint density at radius 2 is 1.63 bits per heavy atom. The summed E-state index contributed by atoms with van der Waals surface area (Å²) < 4.78 is 5.01. The summed E-state index contributed by atoms with van der Waals surface area (Å²) >= 11 is 6.74. The molecule has 2 fully saturated rings. The molecular weight excluding hydrogens is 557 g/mol. The number of aromatic nitrogens is 4. The highest BCUT2D eigenvalue weighted by Gasteiger charge is 2.38. The molecule has 11 heteroatoms. The van der Waals surface area contributed by atoms with Crippen LogP contribution in [0.1, 0.15) is 42.5 Å². The van der Waals surface area contributed by atoms with Gasteiger partial charge in [-0.25, -0.2) is 9.67 Å². The van der Waals surface area contributed by atoms with Gasteiger partial charge in [0.1, 0.15) is 17.2 Å². The summed E-state index contributed by atoms with van der Waals surface area (Å²) in [6, 6.07) is 13.0. The monoisotopic (exact) mass is 586 g/mol. The van der Waals surface area contributed by atoms with Gasteiger partial charge in [-0.1, -0.05) is 61.1 Å². The molecule has 9 nitrogen and oxygen atoms in total. The number of carbonyl (C=O) groups excluding carboxylic acids is 1. The van der Waals surface area contributed by atoms with Gasteiger partial charge in [0.25, 0.3) is 17.0 Å². The molecule has 2 aliphatic heterocycles. The fraction of sp³-hybridized carbons (Fsp3) is 0.300. The van der Waals surface area contributed by atoms with Gasteiger partial charge < -0.3 is 4.90 Å². The number of carbonyl (C=O) groups is 1. The third kappa shape index (κ3) is 4.62. The summed E-state index contributed by atoms with van der Waals surface area (Å²) in [6.45, 7) is 5.30. The van der Waals surface area contributed by atoms with Crippen LogP contribution >= 0.6 is 24.0 Å². The largest absolute Gasteiger partial charge is 0.356 e. The van der Waals surface area contributed by atoms with Crippen molar-refractivity contribution in [3.05, 3.63) is 91.1 Å². The molecular formula is C30H30N6O3S2. The van der Waals surface area contributed by atoms with Crippen LogP contribution in [0.15, 0.2) is 63.2 Å². The summed E-state index contributed by atoms with van der Waals surface area (Å²) in [6.07, 6.45) is 7.60. The van der Waals surface area contributed by atoms with Gasteiger partial charge in [0.15, 0.2) is 4.32 Å². The minimum atomic E-state index is -0.429. The van der Waals surface area contributed by atoms with Crippen molar-refractivity contribution in [2.75, 3.05) is 22.9 Å². The SMILES string of the molecule is Cc1cccn2c(=O)c(/C=C3/SC(=S)N(c4c(C)n(C)n(-c5ccccc5)c4=O)C3=O)c(N3CCCCCC3)nc12. The number of aryl methyl sites for hydroxylation is 1. The van der Waals surface area contributed by atoms with Crippen LogP contribution in [0, 0.1) is 13.8 Å². The quantitative estimate of drug-likeness (QED) is 0.256. The Hall–Kier alpha value is -3.96. The summed E-state index contributed by atoms with van der Waals surface area (Å²) in [5, 5.41) is 0. The zero-order valence-corrected chi connectivity index (χ0v) is 24.8. The Bertz CT molecular complexity index is 1850. The number of thioether (sulfide) groups is 1. The Kier molecular flexibility index (Phi) is 7.16. The number of pyridine rings is 1. The van der Waals surface area contributed by atoms with Crippen LogP contribution in [0.2, 0.25) is 0 Å². The molecule has 6 rings (SSSR count). The zero-order chi connectivity index (χ0) is 28.8. The number of amides is 1. The van der Waals surface area contributed by atoms with E-state index in [-0.39, 0.29) is 26.0 Å². The average molecular weight is 587 g/mol. The van der Waals surface area contributed by atoms with Crippen molar-refractivity contribution in [1.82, 2.24) is 18.7 Å². The maximum atomic E-state index is 13.9. The third-order valence-corrected chi connectivity index (χ3v) is 9.09. The molecule has 0 atom stereocenters. The minimum absolute atomic E-state index is 0.207.